The Bertz CT molecular complexity index is 1930. The third kappa shape index (κ3) is 66.8. The van der Waals surface area contributed by atoms with Gasteiger partial charge in [-0.25, -0.2) is 9.13 Å². The van der Waals surface area contributed by atoms with Gasteiger partial charge >= 0.3 is 39.5 Å². The molecule has 19 heteroatoms. The predicted octanol–water partition coefficient (Wildman–Crippen LogP) is 21.3. The maximum absolute atomic E-state index is 13.1. The van der Waals surface area contributed by atoms with Gasteiger partial charge in [0.05, 0.1) is 26.4 Å². The summed E-state index contributed by atoms with van der Waals surface area (Å²) in [6.45, 7) is 11.8. The van der Waals surface area contributed by atoms with Gasteiger partial charge in [-0.1, -0.05) is 304 Å². The molecule has 3 unspecified atom stereocenters. The lowest BCUT2D eigenvalue weighted by atomic mass is 10.00. The number of carbonyl (C=O) groups excluding carboxylic acids is 4. The van der Waals surface area contributed by atoms with Crippen molar-refractivity contribution in [1.82, 2.24) is 0 Å². The minimum absolute atomic E-state index is 0.0838. The fraction of sp³-hybridized carbons (Fsp3) is 0.893. The van der Waals surface area contributed by atoms with E-state index in [4.69, 9.17) is 37.0 Å². The van der Waals surface area contributed by atoms with Gasteiger partial charge in [0.2, 0.25) is 0 Å². The molecule has 0 bridgehead atoms. The van der Waals surface area contributed by atoms with Crippen LogP contribution in [0.3, 0.4) is 0 Å². The molecule has 0 aromatic rings. The number of carbonyl (C=O) groups is 4. The zero-order valence-corrected chi connectivity index (χ0v) is 62.7. The molecule has 0 fully saturated rings. The van der Waals surface area contributed by atoms with Crippen LogP contribution < -0.4 is 0 Å². The summed E-state index contributed by atoms with van der Waals surface area (Å²) in [5, 5.41) is 10.6. The fourth-order valence-electron chi connectivity index (χ4n) is 10.9. The van der Waals surface area contributed by atoms with E-state index in [2.05, 4.69) is 72.8 Å². The van der Waals surface area contributed by atoms with Crippen molar-refractivity contribution in [1.29, 1.82) is 0 Å². The molecular formula is C75H142O17P2. The number of aliphatic hydroxyl groups is 1. The summed E-state index contributed by atoms with van der Waals surface area (Å²) < 4.78 is 68.4. The van der Waals surface area contributed by atoms with E-state index in [9.17, 15) is 43.2 Å². The average Bonchev–Trinajstić information content (AvgIpc) is 1.25. The van der Waals surface area contributed by atoms with E-state index in [0.29, 0.717) is 31.6 Å². The van der Waals surface area contributed by atoms with Gasteiger partial charge < -0.3 is 33.8 Å². The molecule has 0 aromatic heterocycles. The third-order valence-electron chi connectivity index (χ3n) is 17.1. The normalized spacial score (nSPS) is 14.6. The number of ether oxygens (including phenoxy) is 4. The Hall–Kier alpha value is -2.46. The van der Waals surface area contributed by atoms with Gasteiger partial charge in [-0.2, -0.15) is 0 Å². The van der Waals surface area contributed by atoms with Crippen LogP contribution in [0.2, 0.25) is 0 Å². The number of phosphoric ester groups is 2. The SMILES string of the molecule is CCCCCC/C=C\C=C/CCCCCCCC(=O)O[C@H](COC(=O)CCCCCCCCC(C)CC)COP(=O)(O)OC[C@H](O)COP(=O)(O)OC[C@@H](COC(=O)CCCCCCCCCCCCCCCCCC(C)C)OC(=O)CCCCCCCCCCC(C)C. The Kier molecular flexibility index (Phi) is 63.5. The van der Waals surface area contributed by atoms with E-state index in [-0.39, 0.29) is 25.7 Å². The highest BCUT2D eigenvalue weighted by Gasteiger charge is 2.30. The second-order valence-electron chi connectivity index (χ2n) is 27.5. The van der Waals surface area contributed by atoms with E-state index in [0.717, 1.165) is 121 Å². The Morgan fingerprint density at radius 1 is 0.351 bits per heavy atom. The number of phosphoric acid groups is 2. The smallest absolute Gasteiger partial charge is 0.462 e. The van der Waals surface area contributed by atoms with Gasteiger partial charge in [0, 0.05) is 25.7 Å². The molecule has 0 spiro atoms. The second-order valence-corrected chi connectivity index (χ2v) is 30.5. The van der Waals surface area contributed by atoms with Crippen LogP contribution in [0.15, 0.2) is 24.3 Å². The highest BCUT2D eigenvalue weighted by molar-refractivity contribution is 7.47. The summed E-state index contributed by atoms with van der Waals surface area (Å²) in [4.78, 5) is 72.7. The number of unbranched alkanes of at least 4 members (excludes halogenated alkanes) is 35. The first-order chi connectivity index (χ1) is 45.3. The summed E-state index contributed by atoms with van der Waals surface area (Å²) in [7, 11) is -9.92. The summed E-state index contributed by atoms with van der Waals surface area (Å²) in [6, 6.07) is 0. The van der Waals surface area contributed by atoms with Crippen molar-refractivity contribution in [2.75, 3.05) is 39.6 Å². The van der Waals surface area contributed by atoms with E-state index in [1.165, 1.54) is 148 Å². The fourth-order valence-corrected chi connectivity index (χ4v) is 12.4. The molecule has 0 radical (unpaired) electrons. The van der Waals surface area contributed by atoms with Gasteiger partial charge in [-0.05, 0) is 69.1 Å². The summed E-state index contributed by atoms with van der Waals surface area (Å²) in [6.07, 6.45) is 53.7. The van der Waals surface area contributed by atoms with Crippen molar-refractivity contribution < 1.29 is 80.2 Å². The molecule has 0 aromatic carbocycles. The van der Waals surface area contributed by atoms with E-state index >= 15 is 0 Å². The molecular weight excluding hydrogens is 1230 g/mol. The van der Waals surface area contributed by atoms with Gasteiger partial charge in [0.15, 0.2) is 12.2 Å². The van der Waals surface area contributed by atoms with Crippen LogP contribution in [0, 0.1) is 17.8 Å². The van der Waals surface area contributed by atoms with Crippen molar-refractivity contribution in [3.8, 4) is 0 Å². The topological polar surface area (TPSA) is 237 Å². The monoisotopic (exact) mass is 1380 g/mol. The van der Waals surface area contributed by atoms with Crippen LogP contribution in [-0.4, -0.2) is 96.7 Å². The van der Waals surface area contributed by atoms with Crippen LogP contribution in [-0.2, 0) is 65.4 Å². The van der Waals surface area contributed by atoms with Gasteiger partial charge in [0.1, 0.15) is 19.3 Å². The molecule has 0 amide bonds. The highest BCUT2D eigenvalue weighted by atomic mass is 31.2. The van der Waals surface area contributed by atoms with E-state index in [1.807, 2.05) is 0 Å². The summed E-state index contributed by atoms with van der Waals surface area (Å²) in [5.41, 5.74) is 0. The Morgan fingerprint density at radius 2 is 0.628 bits per heavy atom. The number of rotatable bonds is 71. The number of aliphatic hydroxyl groups excluding tert-OH is 1. The zero-order valence-electron chi connectivity index (χ0n) is 60.9. The van der Waals surface area contributed by atoms with Crippen molar-refractivity contribution in [3.63, 3.8) is 0 Å². The largest absolute Gasteiger partial charge is 0.472 e. The minimum Gasteiger partial charge on any atom is -0.462 e. The molecule has 0 rings (SSSR count). The lowest BCUT2D eigenvalue weighted by molar-refractivity contribution is -0.161. The second kappa shape index (κ2) is 65.2. The van der Waals surface area contributed by atoms with Crippen LogP contribution in [0.5, 0.6) is 0 Å². The molecule has 0 aliphatic carbocycles. The van der Waals surface area contributed by atoms with Crippen LogP contribution in [0.4, 0.5) is 0 Å². The maximum Gasteiger partial charge on any atom is 0.472 e. The number of hydrogen-bond acceptors (Lipinski definition) is 15. The van der Waals surface area contributed by atoms with Crippen molar-refractivity contribution in [3.05, 3.63) is 24.3 Å². The molecule has 17 nitrogen and oxygen atoms in total. The first kappa shape index (κ1) is 91.5. The quantitative estimate of drug-likeness (QED) is 0.0169. The first-order valence-electron chi connectivity index (χ1n) is 38.2. The predicted molar refractivity (Wildman–Crippen MR) is 381 cm³/mol. The van der Waals surface area contributed by atoms with E-state index in [1.54, 1.807) is 0 Å². The Morgan fingerprint density at radius 3 is 0.947 bits per heavy atom. The third-order valence-corrected chi connectivity index (χ3v) is 19.0. The average molecular weight is 1380 g/mol. The molecule has 0 aliphatic rings. The highest BCUT2D eigenvalue weighted by Crippen LogP contribution is 2.45. The van der Waals surface area contributed by atoms with Crippen LogP contribution in [0.1, 0.15) is 357 Å². The zero-order chi connectivity index (χ0) is 69.4. The Balaban J connectivity index is 5.24. The lowest BCUT2D eigenvalue weighted by Gasteiger charge is -2.21. The lowest BCUT2D eigenvalue weighted by Crippen LogP contribution is -2.30. The molecule has 6 atom stereocenters. The molecule has 0 saturated heterocycles. The minimum atomic E-state index is -4.96. The van der Waals surface area contributed by atoms with Gasteiger partial charge in [-0.3, -0.25) is 37.3 Å². The molecule has 94 heavy (non-hydrogen) atoms. The van der Waals surface area contributed by atoms with Gasteiger partial charge in [-0.15, -0.1) is 0 Å². The van der Waals surface area contributed by atoms with E-state index < -0.39 is 97.5 Å². The standard InChI is InChI=1S/C75H142O17P2/c1-8-10-11-12-13-14-15-16-18-23-26-29-35-44-51-58-74(79)91-71(63-86-73(78)57-50-43-38-37-41-48-55-68(7)9-2)65-90-94(83,84)88-61-69(76)60-87-93(81,82)89-64-70(92-75(80)59-52-45-36-31-30-33-40-47-54-67(5)6)62-85-72(77)56-49-42-34-28-25-22-20-17-19-21-24-27-32-39-46-53-66(3)4/h14-16,18,66-71,76H,8-13,17,19-65H2,1-7H3,(H,81,82)(H,83,84)/b15-14-,18-16-/t68?,69-,70-,71-/m1/s1. The van der Waals surface area contributed by atoms with Crippen molar-refractivity contribution in [2.45, 2.75) is 375 Å². The number of allylic oxidation sites excluding steroid dienone is 4. The van der Waals surface area contributed by atoms with Crippen LogP contribution >= 0.6 is 15.6 Å². The first-order valence-corrected chi connectivity index (χ1v) is 41.2. The number of esters is 4. The molecule has 0 heterocycles. The van der Waals surface area contributed by atoms with Crippen molar-refractivity contribution in [2.24, 2.45) is 17.8 Å². The number of hydrogen-bond donors (Lipinski definition) is 3. The van der Waals surface area contributed by atoms with Crippen LogP contribution in [0.25, 0.3) is 0 Å². The van der Waals surface area contributed by atoms with Gasteiger partial charge in [0.25, 0.3) is 0 Å². The Labute approximate surface area is 573 Å². The maximum atomic E-state index is 13.1. The summed E-state index contributed by atoms with van der Waals surface area (Å²) in [5.74, 6) is 0.0958. The summed E-state index contributed by atoms with van der Waals surface area (Å²) >= 11 is 0. The molecule has 0 aliphatic heterocycles. The molecule has 3 N–H and O–H groups in total. The van der Waals surface area contributed by atoms with Crippen molar-refractivity contribution >= 4 is 39.5 Å². The molecule has 0 saturated carbocycles. The molecule has 554 valence electrons.